The van der Waals surface area contributed by atoms with Crippen molar-refractivity contribution in [1.82, 2.24) is 10.3 Å². The van der Waals surface area contributed by atoms with Gasteiger partial charge in [-0.15, -0.1) is 11.3 Å². The number of aromatic nitrogens is 1. The van der Waals surface area contributed by atoms with Gasteiger partial charge in [0.15, 0.2) is 10.9 Å². The van der Waals surface area contributed by atoms with E-state index in [0.29, 0.717) is 28.6 Å². The van der Waals surface area contributed by atoms with E-state index in [0.717, 1.165) is 5.56 Å². The third kappa shape index (κ3) is 4.86. The summed E-state index contributed by atoms with van der Waals surface area (Å²) in [5.74, 6) is 0.344. The second-order valence-corrected chi connectivity index (χ2v) is 7.83. The molecule has 1 unspecified atom stereocenters. The highest BCUT2D eigenvalue weighted by molar-refractivity contribution is 7.14. The van der Waals surface area contributed by atoms with Crippen LogP contribution in [0.15, 0.2) is 52.5 Å². The van der Waals surface area contributed by atoms with Gasteiger partial charge in [-0.05, 0) is 43.0 Å². The molecule has 28 heavy (non-hydrogen) atoms. The zero-order valence-corrected chi connectivity index (χ0v) is 16.9. The number of hydrogen-bond donors (Lipinski definition) is 2. The highest BCUT2D eigenvalue weighted by Gasteiger charge is 2.24. The van der Waals surface area contributed by atoms with Gasteiger partial charge in [0.1, 0.15) is 11.7 Å². The van der Waals surface area contributed by atoms with E-state index in [9.17, 15) is 9.59 Å². The minimum atomic E-state index is -0.650. The molecule has 0 fully saturated rings. The Morgan fingerprint density at radius 2 is 1.96 bits per heavy atom. The maximum absolute atomic E-state index is 12.8. The van der Waals surface area contributed by atoms with Gasteiger partial charge in [-0.25, -0.2) is 4.98 Å². The second-order valence-electron chi connectivity index (χ2n) is 6.97. The smallest absolute Gasteiger partial charge is 0.252 e. The van der Waals surface area contributed by atoms with Crippen LogP contribution in [0.4, 0.5) is 5.13 Å². The molecule has 7 heteroatoms. The van der Waals surface area contributed by atoms with Crippen LogP contribution in [0.3, 0.4) is 0 Å². The van der Waals surface area contributed by atoms with Crippen molar-refractivity contribution in [2.75, 3.05) is 5.32 Å². The first-order valence-electron chi connectivity index (χ1n) is 9.11. The first kappa shape index (κ1) is 19.8. The molecule has 0 bridgehead atoms. The number of thiazole rings is 1. The fraction of sp³-hybridized carbons (Fsp3) is 0.286. The molecule has 2 N–H and O–H groups in total. The van der Waals surface area contributed by atoms with Crippen molar-refractivity contribution >= 4 is 28.3 Å². The zero-order valence-electron chi connectivity index (χ0n) is 16.1. The number of nitrogens with zero attached hydrogens (tertiary/aromatic N) is 1. The standard InChI is InChI=1S/C21H23N3O3S/c1-13(2)11-16(22-19(25)15-8-5-4-7-14(15)3)20(26)24-21-23-17(12-28-21)18-9-6-10-27-18/h4-10,12-13,16H,11H2,1-3H3,(H,22,25)(H,23,24,26). The maximum atomic E-state index is 12.8. The Bertz CT molecular complexity index is 947. The molecule has 3 aromatic rings. The van der Waals surface area contributed by atoms with Crippen LogP contribution in [0.1, 0.15) is 36.2 Å². The molecule has 0 saturated carbocycles. The SMILES string of the molecule is Cc1ccccc1C(=O)NC(CC(C)C)C(=O)Nc1nc(-c2ccco2)cs1. The minimum absolute atomic E-state index is 0.239. The van der Waals surface area contributed by atoms with Gasteiger partial charge in [0.25, 0.3) is 5.91 Å². The van der Waals surface area contributed by atoms with Crippen molar-refractivity contribution in [3.63, 3.8) is 0 Å². The van der Waals surface area contributed by atoms with Crippen LogP contribution in [-0.4, -0.2) is 22.8 Å². The van der Waals surface area contributed by atoms with Crippen LogP contribution in [0.5, 0.6) is 0 Å². The van der Waals surface area contributed by atoms with Crippen molar-refractivity contribution in [2.45, 2.75) is 33.2 Å². The molecule has 2 aromatic heterocycles. The predicted molar refractivity (Wildman–Crippen MR) is 110 cm³/mol. The summed E-state index contributed by atoms with van der Waals surface area (Å²) in [6, 6.07) is 10.3. The summed E-state index contributed by atoms with van der Waals surface area (Å²) in [4.78, 5) is 29.9. The Morgan fingerprint density at radius 3 is 2.64 bits per heavy atom. The molecule has 2 amide bonds. The molecule has 6 nitrogen and oxygen atoms in total. The lowest BCUT2D eigenvalue weighted by molar-refractivity contribution is -0.118. The fourth-order valence-corrected chi connectivity index (χ4v) is 3.53. The summed E-state index contributed by atoms with van der Waals surface area (Å²) >= 11 is 1.31. The number of anilines is 1. The fourth-order valence-electron chi connectivity index (χ4n) is 2.83. The summed E-state index contributed by atoms with van der Waals surface area (Å²) in [6.45, 7) is 5.90. The Hall–Kier alpha value is -2.93. The molecule has 0 aliphatic rings. The van der Waals surface area contributed by atoms with Crippen LogP contribution in [0.25, 0.3) is 11.5 Å². The number of carbonyl (C=O) groups excluding carboxylic acids is 2. The molecule has 0 aliphatic carbocycles. The van der Waals surface area contributed by atoms with Crippen LogP contribution in [-0.2, 0) is 4.79 Å². The van der Waals surface area contributed by atoms with Gasteiger partial charge < -0.3 is 15.1 Å². The van der Waals surface area contributed by atoms with E-state index in [-0.39, 0.29) is 17.7 Å². The topological polar surface area (TPSA) is 84.2 Å². The Morgan fingerprint density at radius 1 is 1.18 bits per heavy atom. The van der Waals surface area contributed by atoms with Gasteiger partial charge in [0.05, 0.1) is 6.26 Å². The summed E-state index contributed by atoms with van der Waals surface area (Å²) in [5, 5.41) is 7.97. The van der Waals surface area contributed by atoms with Crippen molar-refractivity contribution in [2.24, 2.45) is 5.92 Å². The number of carbonyl (C=O) groups is 2. The lowest BCUT2D eigenvalue weighted by Crippen LogP contribution is -2.44. The molecule has 146 valence electrons. The van der Waals surface area contributed by atoms with E-state index in [1.807, 2.05) is 50.4 Å². The molecular formula is C21H23N3O3S. The molecule has 1 aromatic carbocycles. The molecule has 0 aliphatic heterocycles. The van der Waals surface area contributed by atoms with E-state index < -0.39 is 6.04 Å². The van der Waals surface area contributed by atoms with E-state index in [2.05, 4.69) is 15.6 Å². The van der Waals surface area contributed by atoms with Crippen LogP contribution in [0.2, 0.25) is 0 Å². The first-order chi connectivity index (χ1) is 13.4. The van der Waals surface area contributed by atoms with Gasteiger partial charge in [0.2, 0.25) is 5.91 Å². The van der Waals surface area contributed by atoms with Gasteiger partial charge in [-0.1, -0.05) is 32.0 Å². The summed E-state index contributed by atoms with van der Waals surface area (Å²) in [7, 11) is 0. The average Bonchev–Trinajstić information content (AvgIpc) is 3.32. The van der Waals surface area contributed by atoms with Crippen molar-refractivity contribution < 1.29 is 14.0 Å². The summed E-state index contributed by atoms with van der Waals surface area (Å²) < 4.78 is 5.33. The Kier molecular flexibility index (Phi) is 6.26. The molecule has 3 rings (SSSR count). The van der Waals surface area contributed by atoms with Gasteiger partial charge in [-0.2, -0.15) is 0 Å². The normalized spacial score (nSPS) is 12.0. The average molecular weight is 398 g/mol. The Labute approximate surface area is 168 Å². The van der Waals surface area contributed by atoms with Crippen molar-refractivity contribution in [3.8, 4) is 11.5 Å². The number of aryl methyl sites for hydroxylation is 1. The first-order valence-corrected chi connectivity index (χ1v) is 9.98. The lowest BCUT2D eigenvalue weighted by Gasteiger charge is -2.20. The van der Waals surface area contributed by atoms with E-state index in [4.69, 9.17) is 4.42 Å². The zero-order chi connectivity index (χ0) is 20.1. The number of benzene rings is 1. The third-order valence-corrected chi connectivity index (χ3v) is 4.98. The van der Waals surface area contributed by atoms with Crippen LogP contribution >= 0.6 is 11.3 Å². The van der Waals surface area contributed by atoms with E-state index in [1.54, 1.807) is 18.4 Å². The number of furan rings is 1. The van der Waals surface area contributed by atoms with E-state index in [1.165, 1.54) is 11.3 Å². The summed E-state index contributed by atoms with van der Waals surface area (Å²) in [6.07, 6.45) is 2.10. The second kappa shape index (κ2) is 8.84. The lowest BCUT2D eigenvalue weighted by atomic mass is 10.0. The number of amides is 2. The van der Waals surface area contributed by atoms with Crippen LogP contribution in [0, 0.1) is 12.8 Å². The largest absolute Gasteiger partial charge is 0.463 e. The molecule has 0 saturated heterocycles. The van der Waals surface area contributed by atoms with Crippen molar-refractivity contribution in [1.29, 1.82) is 0 Å². The highest BCUT2D eigenvalue weighted by Crippen LogP contribution is 2.25. The number of rotatable bonds is 7. The third-order valence-electron chi connectivity index (χ3n) is 4.23. The molecule has 0 spiro atoms. The molecule has 2 heterocycles. The molecule has 1 atom stereocenters. The van der Waals surface area contributed by atoms with E-state index >= 15 is 0 Å². The number of nitrogens with one attached hydrogen (secondary N) is 2. The molecular weight excluding hydrogens is 374 g/mol. The van der Waals surface area contributed by atoms with Gasteiger partial charge >= 0.3 is 0 Å². The minimum Gasteiger partial charge on any atom is -0.463 e. The maximum Gasteiger partial charge on any atom is 0.252 e. The Balaban J connectivity index is 1.71. The predicted octanol–water partition coefficient (Wildman–Crippen LogP) is 4.49. The number of hydrogen-bond acceptors (Lipinski definition) is 5. The molecule has 0 radical (unpaired) electrons. The highest BCUT2D eigenvalue weighted by atomic mass is 32.1. The van der Waals surface area contributed by atoms with Crippen LogP contribution < -0.4 is 10.6 Å². The van der Waals surface area contributed by atoms with Gasteiger partial charge in [-0.3, -0.25) is 9.59 Å². The quantitative estimate of drug-likeness (QED) is 0.615. The van der Waals surface area contributed by atoms with Crippen molar-refractivity contribution in [3.05, 3.63) is 59.2 Å². The van der Waals surface area contributed by atoms with Gasteiger partial charge in [0, 0.05) is 10.9 Å². The monoisotopic (exact) mass is 397 g/mol. The summed E-state index contributed by atoms with van der Waals surface area (Å²) in [5.41, 5.74) is 2.10.